The van der Waals surface area contributed by atoms with Crippen LogP contribution < -0.4 is 5.32 Å². The van der Waals surface area contributed by atoms with E-state index in [1.54, 1.807) is 29.1 Å². The van der Waals surface area contributed by atoms with Gasteiger partial charge in [0.25, 0.3) is 5.91 Å². The highest BCUT2D eigenvalue weighted by Gasteiger charge is 2.30. The van der Waals surface area contributed by atoms with Crippen molar-refractivity contribution in [2.45, 2.75) is 44.2 Å². The van der Waals surface area contributed by atoms with E-state index in [2.05, 4.69) is 15.3 Å². The number of aliphatic hydroxyl groups excluding tert-OH is 1. The molecular weight excluding hydrogens is 418 g/mol. The lowest BCUT2D eigenvalue weighted by atomic mass is 10.2. The summed E-state index contributed by atoms with van der Waals surface area (Å²) >= 11 is 0. The van der Waals surface area contributed by atoms with Crippen LogP contribution in [0.3, 0.4) is 0 Å². The van der Waals surface area contributed by atoms with Crippen molar-refractivity contribution in [3.8, 4) is 0 Å². The smallest absolute Gasteiger partial charge is 0.276 e. The predicted molar refractivity (Wildman–Crippen MR) is 119 cm³/mol. The van der Waals surface area contributed by atoms with Gasteiger partial charge in [0.1, 0.15) is 0 Å². The molecule has 1 aliphatic heterocycles. The number of nitrogens with zero attached hydrogens (tertiary/aromatic N) is 4. The monoisotopic (exact) mass is 449 g/mol. The second kappa shape index (κ2) is 9.90. The Kier molecular flexibility index (Phi) is 7.47. The lowest BCUT2D eigenvalue weighted by Crippen LogP contribution is -2.52. The molecule has 0 spiro atoms. The van der Waals surface area contributed by atoms with E-state index in [0.717, 1.165) is 6.42 Å². The molecule has 1 aromatic heterocycles. The maximum atomic E-state index is 13.0. The summed E-state index contributed by atoms with van der Waals surface area (Å²) in [6, 6.07) is 8.05. The van der Waals surface area contributed by atoms with Crippen molar-refractivity contribution in [1.82, 2.24) is 19.0 Å². The van der Waals surface area contributed by atoms with Crippen LogP contribution >= 0.6 is 0 Å². The zero-order valence-electron chi connectivity index (χ0n) is 18.2. The fourth-order valence-corrected chi connectivity index (χ4v) is 5.04. The third-order valence-corrected chi connectivity index (χ3v) is 7.50. The summed E-state index contributed by atoms with van der Waals surface area (Å²) in [4.78, 5) is 14.7. The van der Waals surface area contributed by atoms with Gasteiger partial charge in [0.05, 0.1) is 11.5 Å². The minimum atomic E-state index is -3.61. The number of amides is 1. The topological polar surface area (TPSA) is 108 Å². The SMILES string of the molecule is CC[C@@H](CO)N1CCN(S(=O)(=O)c2ccc(NC(=O)c3ccn(C(C)C)n3)cc2)CC1. The molecule has 2 aromatic rings. The lowest BCUT2D eigenvalue weighted by Gasteiger charge is -2.37. The van der Waals surface area contributed by atoms with Crippen molar-refractivity contribution in [3.05, 3.63) is 42.2 Å². The fraction of sp³-hybridized carbons (Fsp3) is 0.524. The number of carbonyl (C=O) groups excluding carboxylic acids is 1. The van der Waals surface area contributed by atoms with Gasteiger partial charge in [-0.1, -0.05) is 6.92 Å². The molecule has 0 saturated carbocycles. The van der Waals surface area contributed by atoms with Gasteiger partial charge in [-0.2, -0.15) is 9.40 Å². The lowest BCUT2D eigenvalue weighted by molar-refractivity contribution is 0.0881. The number of aliphatic hydroxyl groups is 1. The van der Waals surface area contributed by atoms with Gasteiger partial charge in [0.15, 0.2) is 5.69 Å². The Hall–Kier alpha value is -2.27. The largest absolute Gasteiger partial charge is 0.395 e. The number of nitrogens with one attached hydrogen (secondary N) is 1. The highest BCUT2D eigenvalue weighted by Crippen LogP contribution is 2.21. The normalized spacial score (nSPS) is 17.1. The van der Waals surface area contributed by atoms with Crippen molar-refractivity contribution < 1.29 is 18.3 Å². The van der Waals surface area contributed by atoms with Crippen LogP contribution in [0.2, 0.25) is 0 Å². The molecule has 0 radical (unpaired) electrons. The summed E-state index contributed by atoms with van der Waals surface area (Å²) in [5.74, 6) is -0.347. The molecule has 10 heteroatoms. The second-order valence-electron chi connectivity index (χ2n) is 7.94. The molecule has 1 aromatic carbocycles. The van der Waals surface area contributed by atoms with Gasteiger partial charge < -0.3 is 10.4 Å². The van der Waals surface area contributed by atoms with E-state index in [9.17, 15) is 18.3 Å². The van der Waals surface area contributed by atoms with Crippen LogP contribution in [-0.4, -0.2) is 77.2 Å². The Labute approximate surface area is 183 Å². The van der Waals surface area contributed by atoms with Gasteiger partial charge in [-0.3, -0.25) is 14.4 Å². The van der Waals surface area contributed by atoms with Gasteiger partial charge in [-0.05, 0) is 50.6 Å². The molecule has 1 atom stereocenters. The highest BCUT2D eigenvalue weighted by molar-refractivity contribution is 7.89. The van der Waals surface area contributed by atoms with Crippen molar-refractivity contribution >= 4 is 21.6 Å². The number of sulfonamides is 1. The number of hydrogen-bond acceptors (Lipinski definition) is 6. The van der Waals surface area contributed by atoms with Crippen molar-refractivity contribution in [3.63, 3.8) is 0 Å². The molecule has 170 valence electrons. The van der Waals surface area contributed by atoms with Gasteiger partial charge in [0.2, 0.25) is 10.0 Å². The van der Waals surface area contributed by atoms with Gasteiger partial charge in [-0.15, -0.1) is 0 Å². The molecule has 1 aliphatic rings. The van der Waals surface area contributed by atoms with Crippen LogP contribution in [0.1, 0.15) is 43.7 Å². The molecule has 0 bridgehead atoms. The third kappa shape index (κ3) is 5.32. The van der Waals surface area contributed by atoms with E-state index in [0.29, 0.717) is 37.6 Å². The van der Waals surface area contributed by atoms with Crippen LogP contribution in [0.5, 0.6) is 0 Å². The quantitative estimate of drug-likeness (QED) is 0.636. The molecule has 2 heterocycles. The van der Waals surface area contributed by atoms with E-state index >= 15 is 0 Å². The maximum Gasteiger partial charge on any atom is 0.276 e. The Balaban J connectivity index is 1.63. The number of hydrogen-bond donors (Lipinski definition) is 2. The van der Waals surface area contributed by atoms with Crippen LogP contribution in [0, 0.1) is 0 Å². The number of anilines is 1. The van der Waals surface area contributed by atoms with Crippen LogP contribution in [0.15, 0.2) is 41.4 Å². The first-order valence-electron chi connectivity index (χ1n) is 10.6. The average Bonchev–Trinajstić information content (AvgIpc) is 3.26. The minimum Gasteiger partial charge on any atom is -0.395 e. The van der Waals surface area contributed by atoms with Crippen molar-refractivity contribution in [2.24, 2.45) is 0 Å². The van der Waals surface area contributed by atoms with Crippen LogP contribution in [-0.2, 0) is 10.0 Å². The summed E-state index contributed by atoms with van der Waals surface area (Å²) in [6.07, 6.45) is 2.58. The molecule has 1 amide bonds. The van der Waals surface area contributed by atoms with E-state index in [1.165, 1.54) is 16.4 Å². The molecule has 0 unspecified atom stereocenters. The molecular formula is C21H31N5O4S. The first-order chi connectivity index (χ1) is 14.8. The summed E-state index contributed by atoms with van der Waals surface area (Å²) in [5, 5.41) is 16.4. The summed E-state index contributed by atoms with van der Waals surface area (Å²) in [5.41, 5.74) is 0.804. The number of carbonyl (C=O) groups is 1. The number of aromatic nitrogens is 2. The van der Waals surface area contributed by atoms with Crippen molar-refractivity contribution in [1.29, 1.82) is 0 Å². The van der Waals surface area contributed by atoms with Crippen molar-refractivity contribution in [2.75, 3.05) is 38.1 Å². The summed E-state index contributed by atoms with van der Waals surface area (Å²) in [6.45, 7) is 8.00. The first kappa shape index (κ1) is 23.4. The Morgan fingerprint density at radius 3 is 2.29 bits per heavy atom. The van der Waals surface area contributed by atoms with E-state index in [-0.39, 0.29) is 29.5 Å². The standard InChI is InChI=1S/C21H31N5O4S/c1-4-18(15-27)24-11-13-25(14-12-24)31(29,30)19-7-5-17(6-8-19)22-21(28)20-9-10-26(23-20)16(2)3/h5-10,16,18,27H,4,11-15H2,1-3H3,(H,22,28)/t18-/m0/s1. The zero-order chi connectivity index (χ0) is 22.6. The molecule has 0 aliphatic carbocycles. The summed E-state index contributed by atoms with van der Waals surface area (Å²) in [7, 11) is -3.61. The highest BCUT2D eigenvalue weighted by atomic mass is 32.2. The molecule has 31 heavy (non-hydrogen) atoms. The first-order valence-corrected chi connectivity index (χ1v) is 12.0. The summed E-state index contributed by atoms with van der Waals surface area (Å²) < 4.78 is 29.1. The van der Waals surface area contributed by atoms with E-state index < -0.39 is 10.0 Å². The minimum absolute atomic E-state index is 0.0692. The third-order valence-electron chi connectivity index (χ3n) is 5.59. The molecule has 9 nitrogen and oxygen atoms in total. The number of piperazine rings is 1. The zero-order valence-corrected chi connectivity index (χ0v) is 19.0. The van der Waals surface area contributed by atoms with E-state index in [1.807, 2.05) is 20.8 Å². The molecule has 2 N–H and O–H groups in total. The van der Waals surface area contributed by atoms with Gasteiger partial charge in [-0.25, -0.2) is 8.42 Å². The second-order valence-corrected chi connectivity index (χ2v) is 9.88. The van der Waals surface area contributed by atoms with Gasteiger partial charge in [0, 0.05) is 50.1 Å². The van der Waals surface area contributed by atoms with E-state index in [4.69, 9.17) is 0 Å². The number of benzene rings is 1. The van der Waals surface area contributed by atoms with Crippen LogP contribution in [0.25, 0.3) is 0 Å². The maximum absolute atomic E-state index is 13.0. The van der Waals surface area contributed by atoms with Gasteiger partial charge >= 0.3 is 0 Å². The fourth-order valence-electron chi connectivity index (χ4n) is 3.61. The molecule has 1 saturated heterocycles. The Bertz CT molecular complexity index is 975. The van der Waals surface area contributed by atoms with Crippen LogP contribution in [0.4, 0.5) is 5.69 Å². The molecule has 3 rings (SSSR count). The Morgan fingerprint density at radius 2 is 1.77 bits per heavy atom. The average molecular weight is 450 g/mol. The molecule has 1 fully saturated rings. The number of rotatable bonds is 8. The predicted octanol–water partition coefficient (Wildman–Crippen LogP) is 1.79. The Morgan fingerprint density at radius 1 is 1.13 bits per heavy atom.